The maximum absolute atomic E-state index is 4.20. The predicted octanol–water partition coefficient (Wildman–Crippen LogP) is 3.70. The number of aryl methyl sites for hydroxylation is 1. The monoisotopic (exact) mass is 287 g/mol. The number of nitrogens with one attached hydrogen (secondary N) is 1. The molecule has 0 radical (unpaired) electrons. The van der Waals surface area contributed by atoms with Gasteiger partial charge in [0.2, 0.25) is 0 Å². The zero-order valence-electron chi connectivity index (χ0n) is 11.9. The molecule has 3 nitrogen and oxygen atoms in total. The maximum Gasteiger partial charge on any atom is 0.115 e. The summed E-state index contributed by atoms with van der Waals surface area (Å²) in [5, 5.41) is 5.95. The molecule has 0 spiro atoms. The average molecular weight is 287 g/mol. The smallest absolute Gasteiger partial charge is 0.115 e. The molecular weight excluding hydrogens is 266 g/mol. The molecule has 4 heteroatoms. The Hall–Kier alpha value is -1.26. The minimum absolute atomic E-state index is 0.338. The second kappa shape index (κ2) is 6.46. The third-order valence-electron chi connectivity index (χ3n) is 4.05. The molecular formula is C16H21N3S. The molecule has 1 N–H and O–H groups in total. The van der Waals surface area contributed by atoms with Gasteiger partial charge in [-0.2, -0.15) is 0 Å². The van der Waals surface area contributed by atoms with Crippen molar-refractivity contribution in [2.75, 3.05) is 6.54 Å². The number of fused-ring (bicyclic) bond motifs is 1. The van der Waals surface area contributed by atoms with Crippen molar-refractivity contribution in [1.82, 2.24) is 15.3 Å². The molecule has 20 heavy (non-hydrogen) atoms. The number of thiophene rings is 1. The molecule has 3 rings (SSSR count). The van der Waals surface area contributed by atoms with Gasteiger partial charge in [0, 0.05) is 34.8 Å². The van der Waals surface area contributed by atoms with Gasteiger partial charge >= 0.3 is 0 Å². The second-order valence-electron chi connectivity index (χ2n) is 5.40. The van der Waals surface area contributed by atoms with Crippen molar-refractivity contribution >= 4 is 11.3 Å². The molecule has 0 saturated carbocycles. The van der Waals surface area contributed by atoms with Crippen molar-refractivity contribution in [2.24, 2.45) is 0 Å². The Labute approximate surface area is 124 Å². The molecule has 2 heterocycles. The van der Waals surface area contributed by atoms with E-state index in [1.807, 2.05) is 23.7 Å². The molecule has 0 aromatic carbocycles. The fraction of sp³-hybridized carbons (Fsp3) is 0.500. The molecule has 0 aliphatic heterocycles. The first kappa shape index (κ1) is 13.7. The topological polar surface area (TPSA) is 37.8 Å². The van der Waals surface area contributed by atoms with Crippen molar-refractivity contribution < 1.29 is 0 Å². The van der Waals surface area contributed by atoms with Gasteiger partial charge in [-0.3, -0.25) is 0 Å². The Balaban J connectivity index is 1.91. The molecule has 2 aromatic heterocycles. The normalized spacial score (nSPS) is 19.6. The van der Waals surface area contributed by atoms with Gasteiger partial charge in [0.05, 0.1) is 0 Å². The zero-order chi connectivity index (χ0) is 13.8. The summed E-state index contributed by atoms with van der Waals surface area (Å²) in [5.74, 6) is 0.558. The van der Waals surface area contributed by atoms with E-state index in [4.69, 9.17) is 0 Å². The highest BCUT2D eigenvalue weighted by Gasteiger charge is 2.29. The zero-order valence-corrected chi connectivity index (χ0v) is 12.7. The van der Waals surface area contributed by atoms with Crippen LogP contribution in [-0.2, 0) is 6.42 Å². The quantitative estimate of drug-likeness (QED) is 0.911. The van der Waals surface area contributed by atoms with Crippen molar-refractivity contribution in [3.8, 4) is 0 Å². The van der Waals surface area contributed by atoms with Crippen molar-refractivity contribution in [3.63, 3.8) is 0 Å². The highest BCUT2D eigenvalue weighted by molar-refractivity contribution is 7.10. The maximum atomic E-state index is 4.20. The molecule has 0 bridgehead atoms. The minimum Gasteiger partial charge on any atom is -0.309 e. The van der Waals surface area contributed by atoms with Crippen LogP contribution in [0.5, 0.6) is 0 Å². The first-order valence-electron chi connectivity index (χ1n) is 7.44. The summed E-state index contributed by atoms with van der Waals surface area (Å²) in [6.07, 6.45) is 10.5. The number of aromatic nitrogens is 2. The molecule has 0 amide bonds. The first-order valence-corrected chi connectivity index (χ1v) is 8.32. The predicted molar refractivity (Wildman–Crippen MR) is 83.1 cm³/mol. The Morgan fingerprint density at radius 2 is 2.25 bits per heavy atom. The lowest BCUT2D eigenvalue weighted by atomic mass is 9.80. The van der Waals surface area contributed by atoms with E-state index in [-0.39, 0.29) is 0 Å². The van der Waals surface area contributed by atoms with Crippen LogP contribution in [0, 0.1) is 0 Å². The van der Waals surface area contributed by atoms with Crippen LogP contribution in [0.1, 0.15) is 54.1 Å². The molecule has 1 aliphatic rings. The van der Waals surface area contributed by atoms with Crippen LogP contribution in [-0.4, -0.2) is 16.5 Å². The van der Waals surface area contributed by atoms with E-state index in [1.54, 1.807) is 16.8 Å². The van der Waals surface area contributed by atoms with E-state index >= 15 is 0 Å². The second-order valence-corrected chi connectivity index (χ2v) is 6.40. The Bertz CT molecular complexity index is 538. The third-order valence-corrected chi connectivity index (χ3v) is 5.05. The van der Waals surface area contributed by atoms with E-state index < -0.39 is 0 Å². The Morgan fingerprint density at radius 3 is 3.05 bits per heavy atom. The van der Waals surface area contributed by atoms with Crippen LogP contribution in [0.15, 0.2) is 30.2 Å². The number of nitrogens with zero attached hydrogens (tertiary/aromatic N) is 2. The van der Waals surface area contributed by atoms with E-state index in [0.717, 1.165) is 13.0 Å². The highest BCUT2D eigenvalue weighted by atomic mass is 32.1. The Kier molecular flexibility index (Phi) is 4.43. The molecule has 2 unspecified atom stereocenters. The van der Waals surface area contributed by atoms with Crippen molar-refractivity contribution in [1.29, 1.82) is 0 Å². The van der Waals surface area contributed by atoms with Gasteiger partial charge in [0.1, 0.15) is 6.33 Å². The molecule has 0 fully saturated rings. The van der Waals surface area contributed by atoms with Crippen LogP contribution >= 0.6 is 11.3 Å². The molecule has 0 saturated heterocycles. The van der Waals surface area contributed by atoms with Crippen LogP contribution < -0.4 is 5.32 Å². The van der Waals surface area contributed by atoms with E-state index in [0.29, 0.717) is 12.0 Å². The lowest BCUT2D eigenvalue weighted by molar-refractivity contribution is 0.402. The largest absolute Gasteiger partial charge is 0.309 e. The Morgan fingerprint density at radius 1 is 1.40 bits per heavy atom. The third kappa shape index (κ3) is 2.76. The lowest BCUT2D eigenvalue weighted by Crippen LogP contribution is -2.29. The number of rotatable bonds is 5. The summed E-state index contributed by atoms with van der Waals surface area (Å²) in [4.78, 5) is 9.98. The number of hydrogen-bond acceptors (Lipinski definition) is 4. The lowest BCUT2D eigenvalue weighted by Gasteiger charge is -2.31. The summed E-state index contributed by atoms with van der Waals surface area (Å²) >= 11 is 1.91. The van der Waals surface area contributed by atoms with E-state index in [9.17, 15) is 0 Å². The minimum atomic E-state index is 0.338. The van der Waals surface area contributed by atoms with Crippen LogP contribution in [0.25, 0.3) is 0 Å². The SMILES string of the molecule is CCCNC(c1cncnc1)C1CCCc2sccc21. The average Bonchev–Trinajstić information content (AvgIpc) is 2.98. The summed E-state index contributed by atoms with van der Waals surface area (Å²) in [7, 11) is 0. The van der Waals surface area contributed by atoms with Gasteiger partial charge in [0.15, 0.2) is 0 Å². The highest BCUT2D eigenvalue weighted by Crippen LogP contribution is 2.42. The van der Waals surface area contributed by atoms with E-state index in [2.05, 4.69) is 33.7 Å². The van der Waals surface area contributed by atoms with Gasteiger partial charge < -0.3 is 5.32 Å². The summed E-state index contributed by atoms with van der Waals surface area (Å²) in [6, 6.07) is 2.65. The molecule has 2 aromatic rings. The van der Waals surface area contributed by atoms with Gasteiger partial charge in [-0.05, 0) is 49.2 Å². The standard InChI is InChI=1S/C16H21N3S/c1-2-7-19-16(12-9-17-11-18-10-12)14-4-3-5-15-13(14)6-8-20-15/h6,8-11,14,16,19H,2-5,7H2,1H3. The van der Waals surface area contributed by atoms with Gasteiger partial charge in [-0.25, -0.2) is 9.97 Å². The van der Waals surface area contributed by atoms with Crippen LogP contribution in [0.2, 0.25) is 0 Å². The van der Waals surface area contributed by atoms with Gasteiger partial charge in [0.25, 0.3) is 0 Å². The first-order chi connectivity index (χ1) is 9.90. The van der Waals surface area contributed by atoms with Crippen LogP contribution in [0.4, 0.5) is 0 Å². The van der Waals surface area contributed by atoms with Crippen molar-refractivity contribution in [3.05, 3.63) is 46.2 Å². The van der Waals surface area contributed by atoms with Gasteiger partial charge in [-0.1, -0.05) is 6.92 Å². The molecule has 2 atom stereocenters. The van der Waals surface area contributed by atoms with Crippen molar-refractivity contribution in [2.45, 2.75) is 44.6 Å². The van der Waals surface area contributed by atoms with Crippen LogP contribution in [0.3, 0.4) is 0 Å². The summed E-state index contributed by atoms with van der Waals surface area (Å²) in [6.45, 7) is 3.25. The van der Waals surface area contributed by atoms with Gasteiger partial charge in [-0.15, -0.1) is 11.3 Å². The fourth-order valence-corrected chi connectivity index (χ4v) is 4.13. The molecule has 106 valence electrons. The molecule has 1 aliphatic carbocycles. The van der Waals surface area contributed by atoms with E-state index in [1.165, 1.54) is 24.8 Å². The summed E-state index contributed by atoms with van der Waals surface area (Å²) in [5.41, 5.74) is 2.75. The fourth-order valence-electron chi connectivity index (χ4n) is 3.13. The summed E-state index contributed by atoms with van der Waals surface area (Å²) < 4.78 is 0. The number of hydrogen-bond donors (Lipinski definition) is 1.